The Morgan fingerprint density at radius 3 is 2.19 bits per heavy atom. The van der Waals surface area contributed by atoms with E-state index in [2.05, 4.69) is 10.1 Å². The van der Waals surface area contributed by atoms with E-state index in [1.54, 1.807) is 0 Å². The van der Waals surface area contributed by atoms with Crippen molar-refractivity contribution in [3.05, 3.63) is 0 Å². The Morgan fingerprint density at radius 2 is 1.67 bits per heavy atom. The lowest BCUT2D eigenvalue weighted by atomic mass is 10.4. The van der Waals surface area contributed by atoms with E-state index in [4.69, 9.17) is 14.6 Å². The lowest BCUT2D eigenvalue weighted by Gasteiger charge is -2.16. The van der Waals surface area contributed by atoms with Crippen LogP contribution in [-0.2, 0) is 33.4 Å². The minimum absolute atomic E-state index is 0.115. The monoisotopic (exact) mass is 305 g/mol. The van der Waals surface area contributed by atoms with Gasteiger partial charge in [-0.1, -0.05) is 0 Å². The van der Waals surface area contributed by atoms with E-state index in [1.807, 2.05) is 0 Å². The van der Waals surface area contributed by atoms with Crippen LogP contribution < -0.4 is 5.32 Å². The van der Waals surface area contributed by atoms with Gasteiger partial charge < -0.3 is 24.6 Å². The Kier molecular flexibility index (Phi) is 9.52. The molecule has 2 N–H and O–H groups in total. The topological polar surface area (TPSA) is 128 Å². The van der Waals surface area contributed by atoms with E-state index < -0.39 is 30.0 Å². The normalized spacial score (nSPS) is 11.3. The van der Waals surface area contributed by atoms with Crippen molar-refractivity contribution in [1.29, 1.82) is 0 Å². The summed E-state index contributed by atoms with van der Waals surface area (Å²) in [5.74, 6) is -2.76. The predicted molar refractivity (Wildman–Crippen MR) is 68.3 cm³/mol. The summed E-state index contributed by atoms with van der Waals surface area (Å²) >= 11 is 0. The van der Waals surface area contributed by atoms with Gasteiger partial charge in [0.15, 0.2) is 6.10 Å². The number of aliphatic carboxylic acids is 1. The molecule has 0 aliphatic carbocycles. The van der Waals surface area contributed by atoms with Crippen molar-refractivity contribution < 1.29 is 38.5 Å². The molecule has 120 valence electrons. The summed E-state index contributed by atoms with van der Waals surface area (Å²) in [5, 5.41) is 11.0. The molecule has 0 amide bonds. The second kappa shape index (κ2) is 10.6. The van der Waals surface area contributed by atoms with E-state index >= 15 is 0 Å². The molecule has 9 heteroatoms. The molecule has 0 bridgehead atoms. The molecule has 1 unspecified atom stereocenters. The van der Waals surface area contributed by atoms with Gasteiger partial charge in [0.2, 0.25) is 0 Å². The van der Waals surface area contributed by atoms with Gasteiger partial charge in [0, 0.05) is 20.4 Å². The van der Waals surface area contributed by atoms with Crippen molar-refractivity contribution in [2.24, 2.45) is 0 Å². The Balaban J connectivity index is 3.97. The van der Waals surface area contributed by atoms with Crippen molar-refractivity contribution >= 4 is 23.9 Å². The third-order valence-corrected chi connectivity index (χ3v) is 2.02. The first-order chi connectivity index (χ1) is 9.81. The minimum atomic E-state index is -0.979. The predicted octanol–water partition coefficient (Wildman–Crippen LogP) is -0.911. The summed E-state index contributed by atoms with van der Waals surface area (Å²) < 4.78 is 14.3. The lowest BCUT2D eigenvalue weighted by Crippen LogP contribution is -2.33. The number of carbonyl (C=O) groups is 4. The van der Waals surface area contributed by atoms with Gasteiger partial charge >= 0.3 is 23.9 Å². The maximum Gasteiger partial charge on any atom is 0.320 e. The largest absolute Gasteiger partial charge is 0.481 e. The molecule has 0 aliphatic heterocycles. The van der Waals surface area contributed by atoms with Crippen LogP contribution in [-0.4, -0.2) is 61.4 Å². The molecule has 0 fully saturated rings. The zero-order valence-corrected chi connectivity index (χ0v) is 11.9. The molecular formula is C12H19NO8. The van der Waals surface area contributed by atoms with Crippen LogP contribution in [0.4, 0.5) is 0 Å². The molecule has 1 atom stereocenters. The van der Waals surface area contributed by atoms with Crippen LogP contribution in [0, 0.1) is 0 Å². The summed E-state index contributed by atoms with van der Waals surface area (Å²) in [7, 11) is 0. The number of ether oxygens (including phenoxy) is 3. The van der Waals surface area contributed by atoms with E-state index in [0.717, 1.165) is 0 Å². The Hall–Kier alpha value is -2.16. The fraction of sp³-hybridized carbons (Fsp3) is 0.667. The van der Waals surface area contributed by atoms with Gasteiger partial charge in [-0.3, -0.25) is 19.2 Å². The molecule has 0 aromatic heterocycles. The number of carboxylic acid groups (broad SMARTS) is 1. The molecule has 9 nitrogen and oxygen atoms in total. The molecule has 0 saturated heterocycles. The quantitative estimate of drug-likeness (QED) is 0.299. The lowest BCUT2D eigenvalue weighted by molar-refractivity contribution is -0.164. The van der Waals surface area contributed by atoms with Gasteiger partial charge in [-0.15, -0.1) is 0 Å². The molecule has 0 aliphatic rings. The van der Waals surface area contributed by atoms with E-state index in [9.17, 15) is 19.2 Å². The summed E-state index contributed by atoms with van der Waals surface area (Å²) in [6, 6.07) is 0. The number of nitrogens with one attached hydrogen (secondary N) is 1. The van der Waals surface area contributed by atoms with Gasteiger partial charge in [0.05, 0.1) is 13.0 Å². The molecule has 0 saturated carbocycles. The molecule has 21 heavy (non-hydrogen) atoms. The van der Waals surface area contributed by atoms with Crippen molar-refractivity contribution in [3.63, 3.8) is 0 Å². The van der Waals surface area contributed by atoms with Crippen LogP contribution in [0.5, 0.6) is 0 Å². The fourth-order valence-electron chi connectivity index (χ4n) is 1.18. The van der Waals surface area contributed by atoms with Gasteiger partial charge in [-0.25, -0.2) is 0 Å². The fourth-order valence-corrected chi connectivity index (χ4v) is 1.18. The average molecular weight is 305 g/mol. The van der Waals surface area contributed by atoms with Crippen molar-refractivity contribution in [2.45, 2.75) is 26.4 Å². The van der Waals surface area contributed by atoms with Crippen molar-refractivity contribution in [2.75, 3.05) is 26.3 Å². The number of carboxylic acids is 1. The van der Waals surface area contributed by atoms with Gasteiger partial charge in [0.1, 0.15) is 13.2 Å². The second-order valence-electron chi connectivity index (χ2n) is 4.04. The van der Waals surface area contributed by atoms with E-state index in [0.29, 0.717) is 0 Å². The molecule has 0 aromatic carbocycles. The molecular weight excluding hydrogens is 286 g/mol. The molecule has 0 aromatic rings. The number of carbonyl (C=O) groups excluding carboxylic acids is 3. The zero-order chi connectivity index (χ0) is 16.3. The Labute approximate surface area is 121 Å². The summed E-state index contributed by atoms with van der Waals surface area (Å²) in [4.78, 5) is 43.1. The van der Waals surface area contributed by atoms with E-state index in [-0.39, 0.29) is 32.7 Å². The highest BCUT2D eigenvalue weighted by Crippen LogP contribution is 1.97. The number of esters is 3. The first kappa shape index (κ1) is 18.8. The van der Waals surface area contributed by atoms with Gasteiger partial charge in [0.25, 0.3) is 0 Å². The Bertz CT molecular complexity index is 381. The summed E-state index contributed by atoms with van der Waals surface area (Å²) in [5.41, 5.74) is 0. The van der Waals surface area contributed by atoms with Gasteiger partial charge in [-0.2, -0.15) is 0 Å². The average Bonchev–Trinajstić information content (AvgIpc) is 2.37. The standard InChI is InChI=1S/C12H19NO8/c1-8(14)19-6-10(21-9(2)15)7-20-12(18)5-13-4-3-11(16)17/h10,13H,3-7H2,1-2H3,(H,16,17). The number of hydrogen-bond donors (Lipinski definition) is 2. The number of hydrogen-bond acceptors (Lipinski definition) is 8. The van der Waals surface area contributed by atoms with Crippen LogP contribution in [0.2, 0.25) is 0 Å². The highest BCUT2D eigenvalue weighted by molar-refractivity contribution is 5.72. The highest BCUT2D eigenvalue weighted by Gasteiger charge is 2.16. The maximum absolute atomic E-state index is 11.3. The first-order valence-corrected chi connectivity index (χ1v) is 6.20. The van der Waals surface area contributed by atoms with Crippen LogP contribution in [0.1, 0.15) is 20.3 Å². The molecule has 0 heterocycles. The van der Waals surface area contributed by atoms with Crippen LogP contribution in [0.15, 0.2) is 0 Å². The first-order valence-electron chi connectivity index (χ1n) is 6.20. The van der Waals surface area contributed by atoms with E-state index in [1.165, 1.54) is 13.8 Å². The maximum atomic E-state index is 11.3. The molecule has 0 rings (SSSR count). The van der Waals surface area contributed by atoms with Gasteiger partial charge in [-0.05, 0) is 0 Å². The minimum Gasteiger partial charge on any atom is -0.481 e. The zero-order valence-electron chi connectivity index (χ0n) is 11.9. The second-order valence-corrected chi connectivity index (χ2v) is 4.04. The van der Waals surface area contributed by atoms with Crippen LogP contribution in [0.25, 0.3) is 0 Å². The SMILES string of the molecule is CC(=O)OCC(COC(=O)CNCCC(=O)O)OC(C)=O. The summed E-state index contributed by atoms with van der Waals surface area (Å²) in [6.07, 6.45) is -0.995. The van der Waals surface area contributed by atoms with Crippen LogP contribution >= 0.6 is 0 Å². The van der Waals surface area contributed by atoms with Crippen molar-refractivity contribution in [1.82, 2.24) is 5.32 Å². The van der Waals surface area contributed by atoms with Crippen molar-refractivity contribution in [3.8, 4) is 0 Å². The van der Waals surface area contributed by atoms with Crippen LogP contribution in [0.3, 0.4) is 0 Å². The molecule has 0 spiro atoms. The summed E-state index contributed by atoms with van der Waals surface area (Å²) in [6.45, 7) is 1.86. The molecule has 0 radical (unpaired) electrons. The highest BCUT2D eigenvalue weighted by atomic mass is 16.6. The smallest absolute Gasteiger partial charge is 0.320 e. The Morgan fingerprint density at radius 1 is 1.05 bits per heavy atom. The third kappa shape index (κ3) is 12.6. The third-order valence-electron chi connectivity index (χ3n) is 2.02. The number of rotatable bonds is 10.